The number of rotatable bonds is 2. The molecular weight excluding hydrogens is 335 g/mol. The van der Waals surface area contributed by atoms with Crippen molar-refractivity contribution in [1.29, 1.82) is 0 Å². The number of allylic oxidation sites excluding steroid dienone is 3. The Morgan fingerprint density at radius 3 is 3.00 bits per heavy atom. The van der Waals surface area contributed by atoms with Crippen LogP contribution in [0.5, 0.6) is 0 Å². The Balaban J connectivity index is 2.35. The lowest BCUT2D eigenvalue weighted by molar-refractivity contribution is -0.128. The summed E-state index contributed by atoms with van der Waals surface area (Å²) < 4.78 is 1.07. The second-order valence-electron chi connectivity index (χ2n) is 3.67. The summed E-state index contributed by atoms with van der Waals surface area (Å²) in [5, 5.41) is 0.396. The molecule has 1 aliphatic carbocycles. The van der Waals surface area contributed by atoms with Gasteiger partial charge in [0.05, 0.1) is 5.71 Å². The highest BCUT2D eigenvalue weighted by molar-refractivity contribution is 14.1. The number of aliphatic imine (C=N–C) groups is 1. The third kappa shape index (κ3) is 2.10. The number of amides is 1. The summed E-state index contributed by atoms with van der Waals surface area (Å²) in [5.74, 6) is -0.189. The van der Waals surface area contributed by atoms with Crippen molar-refractivity contribution >= 4 is 51.5 Å². The van der Waals surface area contributed by atoms with Gasteiger partial charge in [0, 0.05) is 10.1 Å². The van der Waals surface area contributed by atoms with Crippen LogP contribution in [0, 0.1) is 5.92 Å². The highest BCUT2D eigenvalue weighted by Gasteiger charge is 2.33. The third-order valence-corrected chi connectivity index (χ3v) is 3.52. The minimum Gasteiger partial charge on any atom is -0.287 e. The first-order valence-electron chi connectivity index (χ1n) is 5.13. The van der Waals surface area contributed by atoms with Gasteiger partial charge < -0.3 is 0 Å². The van der Waals surface area contributed by atoms with Gasteiger partial charge in [0.25, 0.3) is 0 Å². The summed E-state index contributed by atoms with van der Waals surface area (Å²) >= 11 is 7.33. The molecule has 16 heavy (non-hydrogen) atoms. The van der Waals surface area contributed by atoms with E-state index in [0.717, 1.165) is 15.7 Å². The van der Waals surface area contributed by atoms with Gasteiger partial charge in [-0.25, -0.2) is 4.99 Å². The van der Waals surface area contributed by atoms with Gasteiger partial charge in [0.2, 0.25) is 11.0 Å². The molecule has 1 heterocycles. The molecule has 0 aromatic heterocycles. The number of nitrogens with zero attached hydrogens (tertiary/aromatic N) is 2. The number of thiocarbonyl (C=S) groups is 1. The maximum absolute atomic E-state index is 12.2. The Bertz CT molecular complexity index is 439. The molecule has 2 rings (SSSR count). The largest absolute Gasteiger partial charge is 0.287 e. The van der Waals surface area contributed by atoms with Crippen LogP contribution < -0.4 is 0 Å². The smallest absolute Gasteiger partial charge is 0.241 e. The van der Waals surface area contributed by atoms with Crippen LogP contribution in [0.25, 0.3) is 0 Å². The van der Waals surface area contributed by atoms with Gasteiger partial charge in [0.1, 0.15) is 5.92 Å². The first kappa shape index (κ1) is 11.9. The van der Waals surface area contributed by atoms with Gasteiger partial charge >= 0.3 is 0 Å². The lowest BCUT2D eigenvalue weighted by Gasteiger charge is -2.30. The average molecular weight is 346 g/mol. The normalized spacial score (nSPS) is 24.1. The lowest BCUT2D eigenvalue weighted by Crippen LogP contribution is -2.46. The van der Waals surface area contributed by atoms with Crippen molar-refractivity contribution < 1.29 is 4.79 Å². The van der Waals surface area contributed by atoms with Crippen molar-refractivity contribution in [3.05, 3.63) is 21.8 Å². The van der Waals surface area contributed by atoms with Crippen molar-refractivity contribution in [3.63, 3.8) is 0 Å². The van der Waals surface area contributed by atoms with Gasteiger partial charge in [0.15, 0.2) is 0 Å². The SMILES string of the molecule is CCCN1C(=O)C2C=C(I)C=CC2=NC1=S. The van der Waals surface area contributed by atoms with Crippen molar-refractivity contribution in [3.8, 4) is 0 Å². The molecule has 0 radical (unpaired) electrons. The number of hydrogen-bond acceptors (Lipinski definition) is 2. The second-order valence-corrected chi connectivity index (χ2v) is 5.28. The highest BCUT2D eigenvalue weighted by Crippen LogP contribution is 2.25. The average Bonchev–Trinajstić information content (AvgIpc) is 2.26. The summed E-state index contributed by atoms with van der Waals surface area (Å²) in [6.45, 7) is 2.68. The van der Waals surface area contributed by atoms with Crippen LogP contribution in [0.15, 0.2) is 26.8 Å². The molecule has 0 spiro atoms. The van der Waals surface area contributed by atoms with E-state index in [2.05, 4.69) is 27.6 Å². The van der Waals surface area contributed by atoms with E-state index < -0.39 is 0 Å². The van der Waals surface area contributed by atoms with Gasteiger partial charge in [-0.3, -0.25) is 9.69 Å². The number of fused-ring (bicyclic) bond motifs is 1. The number of carbonyl (C=O) groups excluding carboxylic acids is 1. The number of carbonyl (C=O) groups is 1. The fourth-order valence-electron chi connectivity index (χ4n) is 1.74. The van der Waals surface area contributed by atoms with E-state index >= 15 is 0 Å². The molecule has 1 atom stereocenters. The minimum atomic E-state index is -0.241. The van der Waals surface area contributed by atoms with Gasteiger partial charge in [-0.05, 0) is 53.4 Å². The van der Waals surface area contributed by atoms with Crippen LogP contribution in [0.3, 0.4) is 0 Å². The lowest BCUT2D eigenvalue weighted by atomic mass is 9.95. The van der Waals surface area contributed by atoms with Gasteiger partial charge in [-0.15, -0.1) is 0 Å². The van der Waals surface area contributed by atoms with Gasteiger partial charge in [-0.1, -0.05) is 13.0 Å². The molecule has 3 nitrogen and oxygen atoms in total. The highest BCUT2D eigenvalue weighted by atomic mass is 127. The topological polar surface area (TPSA) is 32.7 Å². The molecule has 84 valence electrons. The first-order valence-corrected chi connectivity index (χ1v) is 6.61. The fourth-order valence-corrected chi connectivity index (χ4v) is 2.56. The quantitative estimate of drug-likeness (QED) is 0.569. The zero-order valence-corrected chi connectivity index (χ0v) is 11.8. The van der Waals surface area contributed by atoms with E-state index in [1.54, 1.807) is 4.90 Å². The van der Waals surface area contributed by atoms with Crippen LogP contribution in [-0.2, 0) is 4.79 Å². The molecule has 0 aromatic rings. The summed E-state index contributed by atoms with van der Waals surface area (Å²) in [6.07, 6.45) is 6.65. The Labute approximate surface area is 113 Å². The van der Waals surface area contributed by atoms with E-state index in [0.29, 0.717) is 11.7 Å². The van der Waals surface area contributed by atoms with Crippen molar-refractivity contribution in [1.82, 2.24) is 4.90 Å². The number of hydrogen-bond donors (Lipinski definition) is 0. The van der Waals surface area contributed by atoms with E-state index in [1.165, 1.54) is 0 Å². The van der Waals surface area contributed by atoms with Crippen molar-refractivity contribution in [2.75, 3.05) is 6.54 Å². The van der Waals surface area contributed by atoms with E-state index in [1.807, 2.05) is 25.2 Å². The van der Waals surface area contributed by atoms with Crippen LogP contribution in [-0.4, -0.2) is 28.2 Å². The van der Waals surface area contributed by atoms with Crippen LogP contribution in [0.2, 0.25) is 0 Å². The first-order chi connectivity index (χ1) is 7.63. The standard InChI is InChI=1S/C11H11IN2OS/c1-2-5-14-10(15)8-6-7(12)3-4-9(8)13-11(14)16/h3-4,6,8H,2,5H2,1H3. The van der Waals surface area contributed by atoms with E-state index in [9.17, 15) is 4.79 Å². The summed E-state index contributed by atoms with van der Waals surface area (Å²) in [4.78, 5) is 18.1. The monoisotopic (exact) mass is 346 g/mol. The third-order valence-electron chi connectivity index (χ3n) is 2.49. The maximum atomic E-state index is 12.2. The zero-order valence-electron chi connectivity index (χ0n) is 8.81. The molecule has 0 aromatic carbocycles. The summed E-state index contributed by atoms with van der Waals surface area (Å²) in [5.41, 5.74) is 0.766. The number of halogens is 1. The molecule has 1 unspecified atom stereocenters. The minimum absolute atomic E-state index is 0.0513. The van der Waals surface area contributed by atoms with Crippen LogP contribution >= 0.6 is 34.8 Å². The van der Waals surface area contributed by atoms with Gasteiger partial charge in [-0.2, -0.15) is 0 Å². The summed E-state index contributed by atoms with van der Waals surface area (Å²) in [7, 11) is 0. The predicted octanol–water partition coefficient (Wildman–Crippen LogP) is 2.47. The van der Waals surface area contributed by atoms with Crippen molar-refractivity contribution in [2.45, 2.75) is 13.3 Å². The maximum Gasteiger partial charge on any atom is 0.241 e. The molecule has 0 fully saturated rings. The zero-order chi connectivity index (χ0) is 11.7. The van der Waals surface area contributed by atoms with E-state index in [-0.39, 0.29) is 11.8 Å². The van der Waals surface area contributed by atoms with Crippen LogP contribution in [0.4, 0.5) is 0 Å². The molecule has 0 N–H and O–H groups in total. The Morgan fingerprint density at radius 1 is 1.56 bits per heavy atom. The molecular formula is C11H11IN2OS. The Kier molecular flexibility index (Phi) is 3.53. The second kappa shape index (κ2) is 4.75. The fraction of sp³-hybridized carbons (Fsp3) is 0.364. The molecule has 0 saturated heterocycles. The Hall–Kier alpha value is -0.560. The van der Waals surface area contributed by atoms with Crippen molar-refractivity contribution in [2.24, 2.45) is 10.9 Å². The Morgan fingerprint density at radius 2 is 2.31 bits per heavy atom. The summed E-state index contributed by atoms with van der Waals surface area (Å²) in [6, 6.07) is 0. The molecule has 1 amide bonds. The molecule has 0 saturated carbocycles. The predicted molar refractivity (Wildman–Crippen MR) is 76.8 cm³/mol. The van der Waals surface area contributed by atoms with E-state index in [4.69, 9.17) is 12.2 Å². The molecule has 1 aliphatic heterocycles. The molecule has 0 bridgehead atoms. The van der Waals surface area contributed by atoms with Crippen LogP contribution in [0.1, 0.15) is 13.3 Å². The molecule has 2 aliphatic rings. The molecule has 5 heteroatoms.